The number of carbonyl (C=O) groups is 2. The molecule has 1 fully saturated rings. The molecule has 1 amide bonds. The summed E-state index contributed by atoms with van der Waals surface area (Å²) in [7, 11) is 5.39. The van der Waals surface area contributed by atoms with Gasteiger partial charge in [-0.25, -0.2) is 0 Å². The summed E-state index contributed by atoms with van der Waals surface area (Å²) < 4.78 is 5.22. The minimum Gasteiger partial charge on any atom is -0.507 e. The highest BCUT2D eigenvalue weighted by Gasteiger charge is 2.45. The zero-order valence-electron chi connectivity index (χ0n) is 17.2. The first kappa shape index (κ1) is 20.6. The van der Waals surface area contributed by atoms with Crippen LogP contribution in [0.1, 0.15) is 22.7 Å². The third-order valence-electron chi connectivity index (χ3n) is 5.08. The van der Waals surface area contributed by atoms with Crippen LogP contribution >= 0.6 is 0 Å². The fourth-order valence-corrected chi connectivity index (χ4v) is 3.42. The molecule has 1 aliphatic heterocycles. The van der Waals surface area contributed by atoms with Crippen molar-refractivity contribution < 1.29 is 19.4 Å². The van der Waals surface area contributed by atoms with E-state index in [1.54, 1.807) is 31.4 Å². The Morgan fingerprint density at radius 2 is 1.69 bits per heavy atom. The molecule has 1 atom stereocenters. The lowest BCUT2D eigenvalue weighted by Crippen LogP contribution is -2.35. The Morgan fingerprint density at radius 3 is 2.24 bits per heavy atom. The van der Waals surface area contributed by atoms with Crippen LogP contribution in [0.4, 0.5) is 0 Å². The van der Waals surface area contributed by atoms with E-state index in [4.69, 9.17) is 4.74 Å². The number of likely N-dealkylation sites (tertiary alicyclic amines) is 1. The number of carbonyl (C=O) groups excluding carboxylic acids is 2. The Bertz CT molecular complexity index is 930. The molecule has 0 aliphatic carbocycles. The van der Waals surface area contributed by atoms with Crippen molar-refractivity contribution in [3.05, 3.63) is 70.8 Å². The summed E-state index contributed by atoms with van der Waals surface area (Å²) >= 11 is 0. The molecule has 2 aromatic carbocycles. The molecule has 6 nitrogen and oxygen atoms in total. The van der Waals surface area contributed by atoms with E-state index in [2.05, 4.69) is 0 Å². The number of amides is 1. The number of Topliss-reactive ketones (excluding diaryl/α,β-unsaturated/α-hetero) is 1. The number of hydrogen-bond acceptors (Lipinski definition) is 5. The van der Waals surface area contributed by atoms with Gasteiger partial charge in [0, 0.05) is 18.7 Å². The third kappa shape index (κ3) is 4.17. The minimum atomic E-state index is -0.664. The van der Waals surface area contributed by atoms with Crippen molar-refractivity contribution in [2.24, 2.45) is 0 Å². The van der Waals surface area contributed by atoms with Crippen LogP contribution in [0.25, 0.3) is 5.76 Å². The standard InChI is InChI=1S/C23H26N2O4/c1-15-5-7-17(8-6-15)21(26)19-20(16-9-11-18(29-4)12-10-16)25(14-13-24(2)3)23(28)22(19)27/h5-12,20,26H,13-14H2,1-4H3/b21-19-. The molecule has 1 saturated heterocycles. The van der Waals surface area contributed by atoms with Gasteiger partial charge in [-0.3, -0.25) is 9.59 Å². The molecule has 1 unspecified atom stereocenters. The fraction of sp³-hybridized carbons (Fsp3) is 0.304. The molecule has 0 bridgehead atoms. The second-order valence-corrected chi connectivity index (χ2v) is 7.43. The van der Waals surface area contributed by atoms with E-state index in [0.717, 1.165) is 11.1 Å². The maximum absolute atomic E-state index is 12.9. The van der Waals surface area contributed by atoms with Crippen molar-refractivity contribution in [3.8, 4) is 5.75 Å². The van der Waals surface area contributed by atoms with Gasteiger partial charge >= 0.3 is 0 Å². The number of rotatable bonds is 6. The first-order chi connectivity index (χ1) is 13.8. The van der Waals surface area contributed by atoms with Gasteiger partial charge in [-0.05, 0) is 38.7 Å². The number of benzene rings is 2. The molecule has 0 spiro atoms. The van der Waals surface area contributed by atoms with Crippen LogP contribution in [0.5, 0.6) is 5.75 Å². The number of methoxy groups -OCH3 is 1. The molecule has 0 radical (unpaired) electrons. The Balaban J connectivity index is 2.12. The van der Waals surface area contributed by atoms with Gasteiger partial charge in [0.25, 0.3) is 11.7 Å². The molecule has 6 heteroatoms. The molecule has 2 aromatic rings. The summed E-state index contributed by atoms with van der Waals surface area (Å²) in [6.45, 7) is 2.92. The molecule has 29 heavy (non-hydrogen) atoms. The Hall–Kier alpha value is -3.12. The summed E-state index contributed by atoms with van der Waals surface area (Å²) in [5, 5.41) is 11.0. The van der Waals surface area contributed by atoms with Gasteiger partial charge in [-0.1, -0.05) is 42.0 Å². The molecule has 3 rings (SSSR count). The number of ketones is 1. The summed E-state index contributed by atoms with van der Waals surface area (Å²) in [4.78, 5) is 29.2. The van der Waals surface area contributed by atoms with E-state index >= 15 is 0 Å². The molecule has 1 aliphatic rings. The minimum absolute atomic E-state index is 0.114. The molecular weight excluding hydrogens is 368 g/mol. The first-order valence-corrected chi connectivity index (χ1v) is 9.47. The second-order valence-electron chi connectivity index (χ2n) is 7.43. The van der Waals surface area contributed by atoms with E-state index in [-0.39, 0.29) is 11.3 Å². The SMILES string of the molecule is COc1ccc(C2/C(=C(/O)c3ccc(C)cc3)C(=O)C(=O)N2CCN(C)C)cc1. The Labute approximate surface area is 171 Å². The molecule has 152 valence electrons. The summed E-state index contributed by atoms with van der Waals surface area (Å²) in [6, 6.07) is 13.8. The molecular formula is C23H26N2O4. The van der Waals surface area contributed by atoms with Crippen molar-refractivity contribution in [2.45, 2.75) is 13.0 Å². The predicted octanol–water partition coefficient (Wildman–Crippen LogP) is 2.99. The summed E-state index contributed by atoms with van der Waals surface area (Å²) in [5.74, 6) is -0.738. The molecule has 1 N–H and O–H groups in total. The largest absolute Gasteiger partial charge is 0.507 e. The average Bonchev–Trinajstić information content (AvgIpc) is 2.97. The van der Waals surface area contributed by atoms with E-state index < -0.39 is 17.7 Å². The Kier molecular flexibility index (Phi) is 6.03. The quantitative estimate of drug-likeness (QED) is 0.463. The predicted molar refractivity (Wildman–Crippen MR) is 112 cm³/mol. The van der Waals surface area contributed by atoms with Gasteiger partial charge in [-0.2, -0.15) is 0 Å². The lowest BCUT2D eigenvalue weighted by molar-refractivity contribution is -0.140. The number of ether oxygens (including phenoxy) is 1. The topological polar surface area (TPSA) is 70.1 Å². The zero-order chi connectivity index (χ0) is 21.1. The van der Waals surface area contributed by atoms with Gasteiger partial charge in [0.05, 0.1) is 18.7 Å². The number of likely N-dealkylation sites (N-methyl/N-ethyl adjacent to an activating group) is 1. The van der Waals surface area contributed by atoms with Crippen LogP contribution in [0.3, 0.4) is 0 Å². The molecule has 0 saturated carbocycles. The highest BCUT2D eigenvalue weighted by molar-refractivity contribution is 6.46. The van der Waals surface area contributed by atoms with Crippen LogP contribution in [-0.4, -0.2) is 60.9 Å². The molecule has 0 aromatic heterocycles. The number of nitrogens with zero attached hydrogens (tertiary/aromatic N) is 2. The van der Waals surface area contributed by atoms with Crippen LogP contribution in [-0.2, 0) is 9.59 Å². The smallest absolute Gasteiger partial charge is 0.295 e. The first-order valence-electron chi connectivity index (χ1n) is 9.47. The van der Waals surface area contributed by atoms with Gasteiger partial charge in [0.15, 0.2) is 0 Å². The van der Waals surface area contributed by atoms with Crippen molar-refractivity contribution >= 4 is 17.4 Å². The van der Waals surface area contributed by atoms with Gasteiger partial charge in [0.1, 0.15) is 11.5 Å². The van der Waals surface area contributed by atoms with Crippen molar-refractivity contribution in [2.75, 3.05) is 34.3 Å². The fourth-order valence-electron chi connectivity index (χ4n) is 3.42. The van der Waals surface area contributed by atoms with E-state index in [1.165, 1.54) is 4.90 Å². The van der Waals surface area contributed by atoms with Gasteiger partial charge in [-0.15, -0.1) is 0 Å². The van der Waals surface area contributed by atoms with Crippen LogP contribution in [0, 0.1) is 6.92 Å². The Morgan fingerprint density at radius 1 is 1.07 bits per heavy atom. The lowest BCUT2D eigenvalue weighted by atomic mass is 9.95. The summed E-state index contributed by atoms with van der Waals surface area (Å²) in [6.07, 6.45) is 0. The third-order valence-corrected chi connectivity index (χ3v) is 5.08. The summed E-state index contributed by atoms with van der Waals surface area (Å²) in [5.41, 5.74) is 2.42. The number of aliphatic hydroxyl groups is 1. The maximum Gasteiger partial charge on any atom is 0.295 e. The van der Waals surface area contributed by atoms with E-state index in [0.29, 0.717) is 24.4 Å². The maximum atomic E-state index is 12.9. The highest BCUT2D eigenvalue weighted by Crippen LogP contribution is 2.39. The van der Waals surface area contributed by atoms with Crippen LogP contribution < -0.4 is 4.74 Å². The number of hydrogen-bond donors (Lipinski definition) is 1. The van der Waals surface area contributed by atoms with Crippen molar-refractivity contribution in [1.82, 2.24) is 9.80 Å². The van der Waals surface area contributed by atoms with Gasteiger partial charge < -0.3 is 19.6 Å². The van der Waals surface area contributed by atoms with E-state index in [1.807, 2.05) is 50.2 Å². The van der Waals surface area contributed by atoms with Crippen molar-refractivity contribution in [1.29, 1.82) is 0 Å². The zero-order valence-corrected chi connectivity index (χ0v) is 17.2. The van der Waals surface area contributed by atoms with E-state index in [9.17, 15) is 14.7 Å². The monoisotopic (exact) mass is 394 g/mol. The average molecular weight is 394 g/mol. The lowest BCUT2D eigenvalue weighted by Gasteiger charge is -2.26. The van der Waals surface area contributed by atoms with Crippen LogP contribution in [0.15, 0.2) is 54.1 Å². The van der Waals surface area contributed by atoms with Gasteiger partial charge in [0.2, 0.25) is 0 Å². The van der Waals surface area contributed by atoms with Crippen LogP contribution in [0.2, 0.25) is 0 Å². The highest BCUT2D eigenvalue weighted by atomic mass is 16.5. The number of aryl methyl sites for hydroxylation is 1. The second kappa shape index (κ2) is 8.49. The number of aliphatic hydroxyl groups excluding tert-OH is 1. The van der Waals surface area contributed by atoms with Crippen molar-refractivity contribution in [3.63, 3.8) is 0 Å². The molecule has 1 heterocycles. The normalized spacial score (nSPS) is 18.5.